The monoisotopic (exact) mass is 594 g/mol. The van der Waals surface area contributed by atoms with Crippen LogP contribution in [0.4, 0.5) is 24.5 Å². The first-order valence-corrected chi connectivity index (χ1v) is 12.1. The van der Waals surface area contributed by atoms with Crippen LogP contribution < -0.4 is 10.6 Å². The lowest BCUT2D eigenvalue weighted by Crippen LogP contribution is -2.18. The molecule has 0 spiro atoms. The zero-order chi connectivity index (χ0) is 26.4. The van der Waals surface area contributed by atoms with Gasteiger partial charge in [-0.25, -0.2) is 13.2 Å². The molecule has 2 unspecified atom stereocenters. The van der Waals surface area contributed by atoms with Gasteiger partial charge in [0, 0.05) is 39.3 Å². The van der Waals surface area contributed by atoms with E-state index in [2.05, 4.69) is 10.6 Å². The summed E-state index contributed by atoms with van der Waals surface area (Å²) < 4.78 is 39.4. The highest BCUT2D eigenvalue weighted by Gasteiger charge is 2.67. The first kappa shape index (κ1) is 26.9. The maximum absolute atomic E-state index is 13.9. The Balaban J connectivity index is 1.47. The number of halogens is 8. The average molecular weight is 597 g/mol. The normalized spacial score (nSPS) is 18.0. The summed E-state index contributed by atoms with van der Waals surface area (Å²) in [5, 5.41) is 5.91. The van der Waals surface area contributed by atoms with E-state index in [-0.39, 0.29) is 16.4 Å². The number of rotatable bonds is 6. The fourth-order valence-corrected chi connectivity index (χ4v) is 5.37. The fraction of sp³-hybridized carbons (Fsp3) is 0.167. The van der Waals surface area contributed by atoms with Crippen molar-refractivity contribution in [1.29, 1.82) is 0 Å². The lowest BCUT2D eigenvalue weighted by atomic mass is 10.1. The zero-order valence-electron chi connectivity index (χ0n) is 17.8. The Hall–Kier alpha value is -2.16. The highest BCUT2D eigenvalue weighted by atomic mass is 35.5. The minimum absolute atomic E-state index is 0.0689. The van der Waals surface area contributed by atoms with Crippen molar-refractivity contribution in [2.24, 2.45) is 5.92 Å². The number of anilines is 2. The van der Waals surface area contributed by atoms with Gasteiger partial charge in [0.25, 0.3) is 0 Å². The van der Waals surface area contributed by atoms with Crippen molar-refractivity contribution < 1.29 is 22.8 Å². The molecule has 1 saturated carbocycles. The summed E-state index contributed by atoms with van der Waals surface area (Å²) in [6, 6.07) is 9.97. The number of amides is 2. The number of hydrogen-bond acceptors (Lipinski definition) is 2. The van der Waals surface area contributed by atoms with Crippen LogP contribution in [-0.2, 0) is 16.0 Å². The van der Waals surface area contributed by atoms with Crippen LogP contribution in [0, 0.1) is 23.4 Å². The van der Waals surface area contributed by atoms with Crippen molar-refractivity contribution in [2.45, 2.75) is 16.7 Å². The van der Waals surface area contributed by atoms with Gasteiger partial charge in [-0.2, -0.15) is 0 Å². The Bertz CT molecular complexity index is 1340. The molecule has 0 saturated heterocycles. The summed E-state index contributed by atoms with van der Waals surface area (Å²) in [6.07, 6.45) is -0.710. The predicted octanol–water partition coefficient (Wildman–Crippen LogP) is 7.77. The van der Waals surface area contributed by atoms with Crippen LogP contribution in [0.1, 0.15) is 17.0 Å². The van der Waals surface area contributed by atoms with Crippen molar-refractivity contribution in [1.82, 2.24) is 0 Å². The van der Waals surface area contributed by atoms with E-state index in [1.165, 1.54) is 24.3 Å². The molecule has 2 N–H and O–H groups in total. The molecule has 1 fully saturated rings. The number of alkyl halides is 2. The van der Waals surface area contributed by atoms with E-state index in [9.17, 15) is 22.8 Å². The first-order chi connectivity index (χ1) is 16.9. The van der Waals surface area contributed by atoms with Gasteiger partial charge < -0.3 is 10.6 Å². The summed E-state index contributed by atoms with van der Waals surface area (Å²) in [5.74, 6) is -6.20. The van der Waals surface area contributed by atoms with Crippen molar-refractivity contribution in [3.63, 3.8) is 0 Å². The molecule has 1 aliphatic rings. The molecule has 0 aromatic heterocycles. The van der Waals surface area contributed by atoms with E-state index >= 15 is 0 Å². The van der Waals surface area contributed by atoms with Gasteiger partial charge in [-0.15, -0.1) is 23.2 Å². The van der Waals surface area contributed by atoms with Crippen molar-refractivity contribution in [2.75, 3.05) is 10.6 Å². The second-order valence-electron chi connectivity index (χ2n) is 8.09. The molecule has 3 aromatic carbocycles. The quantitative estimate of drug-likeness (QED) is 0.286. The molecule has 0 aliphatic heterocycles. The zero-order valence-corrected chi connectivity index (χ0v) is 21.6. The Morgan fingerprint density at radius 2 is 1.47 bits per heavy atom. The Kier molecular flexibility index (Phi) is 7.70. The Morgan fingerprint density at radius 1 is 0.861 bits per heavy atom. The van der Waals surface area contributed by atoms with E-state index < -0.39 is 57.4 Å². The van der Waals surface area contributed by atoms with Gasteiger partial charge in [0.1, 0.15) is 21.8 Å². The average Bonchev–Trinajstić information content (AvgIpc) is 3.34. The van der Waals surface area contributed by atoms with Crippen LogP contribution in [0.5, 0.6) is 0 Å². The topological polar surface area (TPSA) is 58.2 Å². The van der Waals surface area contributed by atoms with Crippen molar-refractivity contribution in [3.05, 3.63) is 92.2 Å². The van der Waals surface area contributed by atoms with Crippen LogP contribution >= 0.6 is 58.0 Å². The predicted molar refractivity (Wildman–Crippen MR) is 136 cm³/mol. The number of nitrogens with one attached hydrogen (secondary N) is 2. The lowest BCUT2D eigenvalue weighted by Gasteiger charge is -2.11. The molecule has 2 atom stereocenters. The highest BCUT2D eigenvalue weighted by Crippen LogP contribution is 2.65. The van der Waals surface area contributed by atoms with E-state index in [1.54, 1.807) is 12.1 Å². The van der Waals surface area contributed by atoms with Gasteiger partial charge >= 0.3 is 0 Å². The summed E-state index contributed by atoms with van der Waals surface area (Å²) >= 11 is 30.9. The number of carbonyl (C=O) groups excluding carboxylic acids is 2. The SMILES string of the molecule is O=C(Cc1c(F)cc(F)cc1F)Nc1cc(NC(=O)C2C(c3cc(Cl)cc(Cl)c3)C2(Cl)Cl)ccc1Cl. The molecule has 4 rings (SSSR count). The summed E-state index contributed by atoms with van der Waals surface area (Å²) in [7, 11) is 0. The molecule has 3 aromatic rings. The van der Waals surface area contributed by atoms with Crippen LogP contribution in [-0.4, -0.2) is 16.1 Å². The molecule has 0 heterocycles. The fourth-order valence-electron chi connectivity index (χ4n) is 3.84. The highest BCUT2D eigenvalue weighted by molar-refractivity contribution is 6.53. The minimum atomic E-state index is -1.40. The van der Waals surface area contributed by atoms with Crippen LogP contribution in [0.2, 0.25) is 15.1 Å². The minimum Gasteiger partial charge on any atom is -0.326 e. The van der Waals surface area contributed by atoms with Gasteiger partial charge in [0.15, 0.2) is 0 Å². The third-order valence-electron chi connectivity index (χ3n) is 5.53. The maximum atomic E-state index is 13.9. The molecule has 0 radical (unpaired) electrons. The second kappa shape index (κ2) is 10.3. The van der Waals surface area contributed by atoms with E-state index in [0.29, 0.717) is 27.7 Å². The van der Waals surface area contributed by atoms with Crippen LogP contribution in [0.3, 0.4) is 0 Å². The first-order valence-electron chi connectivity index (χ1n) is 10.2. The van der Waals surface area contributed by atoms with Gasteiger partial charge in [-0.3, -0.25) is 9.59 Å². The smallest absolute Gasteiger partial charge is 0.231 e. The lowest BCUT2D eigenvalue weighted by molar-refractivity contribution is -0.117. The maximum Gasteiger partial charge on any atom is 0.231 e. The van der Waals surface area contributed by atoms with Gasteiger partial charge in [-0.1, -0.05) is 34.8 Å². The second-order valence-corrected chi connectivity index (χ2v) is 10.8. The van der Waals surface area contributed by atoms with E-state index in [1.807, 2.05) is 0 Å². The molecule has 0 bridgehead atoms. The summed E-state index contributed by atoms with van der Waals surface area (Å²) in [5.41, 5.74) is 0.315. The van der Waals surface area contributed by atoms with E-state index in [0.717, 1.165) is 0 Å². The number of carbonyl (C=O) groups is 2. The van der Waals surface area contributed by atoms with Crippen LogP contribution in [0.15, 0.2) is 48.5 Å². The number of hydrogen-bond donors (Lipinski definition) is 2. The van der Waals surface area contributed by atoms with Crippen LogP contribution in [0.25, 0.3) is 0 Å². The molecule has 1 aliphatic carbocycles. The van der Waals surface area contributed by atoms with E-state index in [4.69, 9.17) is 58.0 Å². The van der Waals surface area contributed by atoms with Gasteiger partial charge in [0.2, 0.25) is 11.8 Å². The molecule has 2 amide bonds. The molecular weight excluding hydrogens is 583 g/mol. The molecular formula is C24H14Cl5F3N2O2. The molecule has 4 nitrogen and oxygen atoms in total. The molecule has 36 heavy (non-hydrogen) atoms. The van der Waals surface area contributed by atoms with Gasteiger partial charge in [-0.05, 0) is 42.0 Å². The summed E-state index contributed by atoms with van der Waals surface area (Å²) in [4.78, 5) is 25.3. The Labute approximate surface area is 228 Å². The summed E-state index contributed by atoms with van der Waals surface area (Å²) in [6.45, 7) is 0. The van der Waals surface area contributed by atoms with Crippen molar-refractivity contribution in [3.8, 4) is 0 Å². The Morgan fingerprint density at radius 3 is 2.08 bits per heavy atom. The largest absolute Gasteiger partial charge is 0.326 e. The number of benzene rings is 3. The van der Waals surface area contributed by atoms with Crippen molar-refractivity contribution >= 4 is 81.2 Å². The standard InChI is InChI=1S/C24H14Cl5F3N2O2/c25-11-3-10(4-12(26)5-11)21-22(24(21,28)29)23(36)33-14-1-2-16(27)19(8-14)34-20(35)9-15-17(31)6-13(30)7-18(15)32/h1-8,21-22H,9H2,(H,33,36)(H,34,35). The molecule has 188 valence electrons. The third-order valence-corrected chi connectivity index (χ3v) is 7.24. The van der Waals surface area contributed by atoms with Gasteiger partial charge in [0.05, 0.1) is 23.0 Å². The third kappa shape index (κ3) is 5.71. The molecule has 12 heteroatoms.